The molecule has 0 unspecified atom stereocenters. The van der Waals surface area contributed by atoms with Crippen molar-refractivity contribution in [3.05, 3.63) is 59.2 Å². The fourth-order valence-corrected chi connectivity index (χ4v) is 3.47. The van der Waals surface area contributed by atoms with Gasteiger partial charge in [-0.2, -0.15) is 0 Å². The van der Waals surface area contributed by atoms with Crippen molar-refractivity contribution in [2.45, 2.75) is 33.2 Å². The molecule has 188 valence electrons. The largest absolute Gasteiger partial charge is 0.493 e. The molecule has 3 rings (SSSR count). The first-order chi connectivity index (χ1) is 17.0. The average Bonchev–Trinajstić information content (AvgIpc) is 2.85. The second kappa shape index (κ2) is 13.5. The Balaban J connectivity index is 1.62. The van der Waals surface area contributed by atoms with Crippen LogP contribution in [0.4, 0.5) is 0 Å². The van der Waals surface area contributed by atoms with E-state index in [9.17, 15) is 14.4 Å². The van der Waals surface area contributed by atoms with Gasteiger partial charge in [-0.05, 0) is 36.8 Å². The summed E-state index contributed by atoms with van der Waals surface area (Å²) in [7, 11) is 0. The summed E-state index contributed by atoms with van der Waals surface area (Å²) in [5.41, 5.74) is 1.26. The number of benzene rings is 2. The first-order valence-electron chi connectivity index (χ1n) is 11.7. The van der Waals surface area contributed by atoms with Crippen LogP contribution in [0.2, 0.25) is 0 Å². The molecular weight excluding hydrogens is 454 g/mol. The van der Waals surface area contributed by atoms with Crippen molar-refractivity contribution < 1.29 is 38.1 Å². The third-order valence-electron chi connectivity index (χ3n) is 5.29. The van der Waals surface area contributed by atoms with Crippen molar-refractivity contribution in [1.82, 2.24) is 4.90 Å². The van der Waals surface area contributed by atoms with Crippen LogP contribution in [-0.4, -0.2) is 62.5 Å². The lowest BCUT2D eigenvalue weighted by atomic mass is 10.1. The first kappa shape index (κ1) is 26.2. The number of morpholine rings is 1. The number of hydrogen-bond donors (Lipinski definition) is 0. The lowest BCUT2D eigenvalue weighted by molar-refractivity contribution is -0.131. The second-order valence-electron chi connectivity index (χ2n) is 7.98. The molecule has 0 aliphatic carbocycles. The number of esters is 3. The maximum Gasteiger partial charge on any atom is 0.344 e. The Morgan fingerprint density at radius 1 is 0.971 bits per heavy atom. The molecule has 1 aliphatic heterocycles. The zero-order valence-electron chi connectivity index (χ0n) is 20.1. The maximum absolute atomic E-state index is 12.6. The van der Waals surface area contributed by atoms with Gasteiger partial charge >= 0.3 is 17.9 Å². The number of carbonyl (C=O) groups excluding carboxylic acids is 3. The first-order valence-corrected chi connectivity index (χ1v) is 11.7. The predicted octanol–water partition coefficient (Wildman–Crippen LogP) is 3.59. The predicted molar refractivity (Wildman–Crippen MR) is 126 cm³/mol. The number of ether oxygens (including phenoxy) is 5. The van der Waals surface area contributed by atoms with Gasteiger partial charge in [0.25, 0.3) is 0 Å². The Kier molecular flexibility index (Phi) is 10.1. The Labute approximate surface area is 204 Å². The van der Waals surface area contributed by atoms with E-state index in [1.165, 1.54) is 19.1 Å². The van der Waals surface area contributed by atoms with E-state index >= 15 is 0 Å². The van der Waals surface area contributed by atoms with Crippen molar-refractivity contribution >= 4 is 17.9 Å². The number of nitrogens with zero attached hydrogens (tertiary/aromatic N) is 1. The third kappa shape index (κ3) is 8.08. The van der Waals surface area contributed by atoms with E-state index in [1.54, 1.807) is 30.3 Å². The van der Waals surface area contributed by atoms with Gasteiger partial charge < -0.3 is 23.7 Å². The van der Waals surface area contributed by atoms with Crippen molar-refractivity contribution in [3.63, 3.8) is 0 Å². The van der Waals surface area contributed by atoms with Crippen molar-refractivity contribution in [2.75, 3.05) is 39.7 Å². The van der Waals surface area contributed by atoms with E-state index in [-0.39, 0.29) is 11.3 Å². The van der Waals surface area contributed by atoms with Crippen LogP contribution in [0.25, 0.3) is 0 Å². The monoisotopic (exact) mass is 485 g/mol. The Hall–Kier alpha value is -3.43. The summed E-state index contributed by atoms with van der Waals surface area (Å²) in [6, 6.07) is 11.3. The lowest BCUT2D eigenvalue weighted by Crippen LogP contribution is -2.35. The molecule has 0 N–H and O–H groups in total. The Morgan fingerprint density at radius 2 is 1.71 bits per heavy atom. The van der Waals surface area contributed by atoms with Crippen molar-refractivity contribution in [3.8, 4) is 11.5 Å². The molecule has 1 aliphatic rings. The molecule has 1 heterocycles. The highest BCUT2D eigenvalue weighted by molar-refractivity contribution is 5.93. The molecule has 0 saturated carbocycles. The summed E-state index contributed by atoms with van der Waals surface area (Å²) in [6.07, 6.45) is 1.96. The molecule has 9 nitrogen and oxygen atoms in total. The molecule has 0 atom stereocenters. The molecular formula is C26H31NO8. The topological polar surface area (TPSA) is 101 Å². The molecule has 2 aromatic carbocycles. The van der Waals surface area contributed by atoms with E-state index in [0.717, 1.165) is 37.2 Å². The second-order valence-corrected chi connectivity index (χ2v) is 7.98. The van der Waals surface area contributed by atoms with Gasteiger partial charge in [-0.25, -0.2) is 9.59 Å². The van der Waals surface area contributed by atoms with E-state index in [4.69, 9.17) is 23.7 Å². The SMILES string of the molecule is CCCCOc1ccc(C(=O)OCOC(=O)c2ccccc2OC(C)=O)cc1CN1CCOCC1. The zero-order chi connectivity index (χ0) is 25.0. The van der Waals surface area contributed by atoms with Gasteiger partial charge in [0.2, 0.25) is 6.79 Å². The quantitative estimate of drug-likeness (QED) is 0.205. The number of unbranched alkanes of at least 4 members (excludes halogenated alkanes) is 1. The average molecular weight is 486 g/mol. The number of para-hydroxylation sites is 1. The summed E-state index contributed by atoms with van der Waals surface area (Å²) in [4.78, 5) is 38.5. The molecule has 0 aromatic heterocycles. The van der Waals surface area contributed by atoms with Crippen LogP contribution in [0.3, 0.4) is 0 Å². The minimum absolute atomic E-state index is 0.0557. The van der Waals surface area contributed by atoms with Crippen LogP contribution in [0.15, 0.2) is 42.5 Å². The molecule has 0 bridgehead atoms. The highest BCUT2D eigenvalue weighted by atomic mass is 16.7. The van der Waals surface area contributed by atoms with Crippen molar-refractivity contribution in [1.29, 1.82) is 0 Å². The van der Waals surface area contributed by atoms with Crippen molar-refractivity contribution in [2.24, 2.45) is 0 Å². The number of rotatable bonds is 11. The molecule has 9 heteroatoms. The molecule has 0 spiro atoms. The smallest absolute Gasteiger partial charge is 0.344 e. The van der Waals surface area contributed by atoms with Crippen LogP contribution in [0.1, 0.15) is 53.0 Å². The number of hydrogen-bond acceptors (Lipinski definition) is 9. The fourth-order valence-electron chi connectivity index (χ4n) is 3.47. The van der Waals surface area contributed by atoms with Gasteiger partial charge in [0.1, 0.15) is 17.1 Å². The van der Waals surface area contributed by atoms with Crippen LogP contribution in [-0.2, 0) is 25.5 Å². The van der Waals surface area contributed by atoms with Crippen LogP contribution >= 0.6 is 0 Å². The molecule has 0 radical (unpaired) electrons. The third-order valence-corrected chi connectivity index (χ3v) is 5.29. The fraction of sp³-hybridized carbons (Fsp3) is 0.423. The minimum atomic E-state index is -0.776. The van der Waals surface area contributed by atoms with Gasteiger partial charge in [0.15, 0.2) is 0 Å². The Bertz CT molecular complexity index is 1020. The molecule has 1 fully saturated rings. The molecule has 35 heavy (non-hydrogen) atoms. The van der Waals surface area contributed by atoms with Crippen LogP contribution in [0.5, 0.6) is 11.5 Å². The lowest BCUT2D eigenvalue weighted by Gasteiger charge is -2.27. The van der Waals surface area contributed by atoms with Crippen LogP contribution < -0.4 is 9.47 Å². The summed E-state index contributed by atoms with van der Waals surface area (Å²) < 4.78 is 26.6. The maximum atomic E-state index is 12.6. The van der Waals surface area contributed by atoms with Gasteiger partial charge in [-0.1, -0.05) is 25.5 Å². The van der Waals surface area contributed by atoms with E-state index in [2.05, 4.69) is 11.8 Å². The molecule has 1 saturated heterocycles. The van der Waals surface area contributed by atoms with Gasteiger partial charge in [-0.3, -0.25) is 9.69 Å². The molecule has 0 amide bonds. The van der Waals surface area contributed by atoms with Gasteiger partial charge in [0.05, 0.1) is 25.4 Å². The zero-order valence-corrected chi connectivity index (χ0v) is 20.1. The van der Waals surface area contributed by atoms with E-state index in [0.29, 0.717) is 31.9 Å². The van der Waals surface area contributed by atoms with Gasteiger partial charge in [-0.15, -0.1) is 0 Å². The van der Waals surface area contributed by atoms with E-state index in [1.807, 2.05) is 0 Å². The summed E-state index contributed by atoms with van der Waals surface area (Å²) in [5.74, 6) is -1.17. The standard InChI is InChI=1S/C26H31NO8/c1-3-4-13-32-23-10-9-20(16-21(23)17-27-11-14-31-15-12-27)25(29)33-18-34-26(30)22-7-5-6-8-24(22)35-19(2)28/h5-10,16H,3-4,11-15,17-18H2,1-2H3. The van der Waals surface area contributed by atoms with Crippen LogP contribution in [0, 0.1) is 0 Å². The number of carbonyl (C=O) groups is 3. The summed E-state index contributed by atoms with van der Waals surface area (Å²) in [6.45, 7) is 6.89. The summed E-state index contributed by atoms with van der Waals surface area (Å²) >= 11 is 0. The normalized spacial score (nSPS) is 13.7. The van der Waals surface area contributed by atoms with E-state index < -0.39 is 24.7 Å². The molecule has 2 aromatic rings. The highest BCUT2D eigenvalue weighted by Crippen LogP contribution is 2.24. The minimum Gasteiger partial charge on any atom is -0.493 e. The van der Waals surface area contributed by atoms with Gasteiger partial charge in [0, 0.05) is 32.1 Å². The Morgan fingerprint density at radius 3 is 2.46 bits per heavy atom. The highest BCUT2D eigenvalue weighted by Gasteiger charge is 2.18. The summed E-state index contributed by atoms with van der Waals surface area (Å²) in [5, 5.41) is 0.